The molecule has 0 unspecified atom stereocenters. The number of aryl methyl sites for hydroxylation is 4. The molecule has 7 heteroatoms. The van der Waals surface area contributed by atoms with Crippen LogP contribution in [0, 0.1) is 27.7 Å². The van der Waals surface area contributed by atoms with Gasteiger partial charge in [-0.1, -0.05) is 29.0 Å². The number of hydrogen-bond donors (Lipinski definition) is 1. The summed E-state index contributed by atoms with van der Waals surface area (Å²) in [5.74, 6) is -0.221. The van der Waals surface area contributed by atoms with E-state index < -0.39 is 0 Å². The Morgan fingerprint density at radius 3 is 2.40 bits per heavy atom. The van der Waals surface area contributed by atoms with Gasteiger partial charge in [-0.25, -0.2) is 4.99 Å². The third-order valence-corrected chi connectivity index (χ3v) is 6.68. The molecule has 152 valence electrons. The van der Waals surface area contributed by atoms with Crippen molar-refractivity contribution < 1.29 is 4.79 Å². The number of thiazole rings is 1. The Morgan fingerprint density at radius 2 is 1.67 bits per heavy atom. The van der Waals surface area contributed by atoms with Crippen LogP contribution >= 0.6 is 11.3 Å². The number of hydrogen-bond acceptors (Lipinski definition) is 5. The first-order chi connectivity index (χ1) is 14.3. The molecule has 2 aromatic carbocycles. The fourth-order valence-electron chi connectivity index (χ4n) is 4.31. The van der Waals surface area contributed by atoms with Crippen LogP contribution in [0.1, 0.15) is 27.8 Å². The largest absolute Gasteiger partial charge is 0.334 e. The van der Waals surface area contributed by atoms with Gasteiger partial charge in [-0.05, 0) is 62.6 Å². The Hall–Kier alpha value is -3.19. The van der Waals surface area contributed by atoms with Crippen molar-refractivity contribution in [3.8, 4) is 0 Å². The number of aromatic nitrogens is 1. The molecule has 1 aromatic heterocycles. The van der Waals surface area contributed by atoms with Crippen LogP contribution in [0.5, 0.6) is 0 Å². The Bertz CT molecular complexity index is 1390. The van der Waals surface area contributed by atoms with Crippen LogP contribution < -0.4 is 25.1 Å². The Kier molecular flexibility index (Phi) is 4.18. The Morgan fingerprint density at radius 1 is 0.967 bits per heavy atom. The molecule has 6 nitrogen and oxygen atoms in total. The second-order valence-electron chi connectivity index (χ2n) is 8.11. The van der Waals surface area contributed by atoms with Crippen LogP contribution in [0.15, 0.2) is 40.1 Å². The van der Waals surface area contributed by atoms with Gasteiger partial charge in [-0.2, -0.15) is 0 Å². The van der Waals surface area contributed by atoms with Crippen molar-refractivity contribution in [3.63, 3.8) is 0 Å². The van der Waals surface area contributed by atoms with E-state index >= 15 is 0 Å². The van der Waals surface area contributed by atoms with Gasteiger partial charge in [0.15, 0.2) is 4.80 Å². The molecular weight excluding hydrogens is 396 g/mol. The highest BCUT2D eigenvalue weighted by Crippen LogP contribution is 2.33. The molecule has 0 aliphatic carbocycles. The maximum absolute atomic E-state index is 13.3. The number of nitrogens with zero attached hydrogens (tertiary/aromatic N) is 3. The maximum atomic E-state index is 13.3. The lowest BCUT2D eigenvalue weighted by atomic mass is 10.0. The van der Waals surface area contributed by atoms with E-state index in [0.717, 1.165) is 28.1 Å². The molecule has 5 rings (SSSR count). The topological polar surface area (TPSA) is 66.7 Å². The Balaban J connectivity index is 1.66. The number of carbonyl (C=O) groups excluding carboxylic acids is 1. The molecule has 30 heavy (non-hydrogen) atoms. The minimum atomic E-state index is -0.221. The first kappa shape index (κ1) is 18.8. The lowest BCUT2D eigenvalue weighted by Crippen LogP contribution is -2.43. The number of amides is 1. The third kappa shape index (κ3) is 2.89. The number of nitrogens with one attached hydrogen (secondary N) is 1. The van der Waals surface area contributed by atoms with Crippen LogP contribution in [0.2, 0.25) is 0 Å². The third-order valence-electron chi connectivity index (χ3n) is 5.57. The first-order valence-corrected chi connectivity index (χ1v) is 10.7. The highest BCUT2D eigenvalue weighted by molar-refractivity contribution is 7.07. The second kappa shape index (κ2) is 6.67. The zero-order valence-electron chi connectivity index (χ0n) is 17.4. The van der Waals surface area contributed by atoms with Gasteiger partial charge in [-0.3, -0.25) is 14.2 Å². The summed E-state index contributed by atoms with van der Waals surface area (Å²) >= 11 is 1.30. The van der Waals surface area contributed by atoms with E-state index in [9.17, 15) is 9.59 Å². The molecule has 0 radical (unpaired) electrons. The van der Waals surface area contributed by atoms with Crippen LogP contribution in [0.25, 0.3) is 5.57 Å². The summed E-state index contributed by atoms with van der Waals surface area (Å²) in [6, 6.07) is 10.3. The van der Waals surface area contributed by atoms with E-state index in [4.69, 9.17) is 0 Å². The van der Waals surface area contributed by atoms with E-state index in [1.807, 2.05) is 26.0 Å². The van der Waals surface area contributed by atoms with Gasteiger partial charge in [0, 0.05) is 11.3 Å². The van der Waals surface area contributed by atoms with Crippen molar-refractivity contribution in [2.24, 2.45) is 4.99 Å². The molecule has 0 bridgehead atoms. The van der Waals surface area contributed by atoms with Crippen molar-refractivity contribution in [2.75, 3.05) is 16.9 Å². The van der Waals surface area contributed by atoms with Crippen LogP contribution in [-0.4, -0.2) is 17.1 Å². The molecule has 1 amide bonds. The molecule has 2 aliphatic rings. The molecule has 3 aromatic rings. The van der Waals surface area contributed by atoms with E-state index in [1.54, 1.807) is 4.57 Å². The van der Waals surface area contributed by atoms with E-state index in [-0.39, 0.29) is 11.5 Å². The smallest absolute Gasteiger partial charge is 0.272 e. The predicted octanol–water partition coefficient (Wildman–Crippen LogP) is 2.35. The average Bonchev–Trinajstić information content (AvgIpc) is 3.17. The summed E-state index contributed by atoms with van der Waals surface area (Å²) in [6.07, 6.45) is 0. The molecule has 0 fully saturated rings. The average molecular weight is 419 g/mol. The molecule has 0 atom stereocenters. The van der Waals surface area contributed by atoms with Gasteiger partial charge >= 0.3 is 0 Å². The summed E-state index contributed by atoms with van der Waals surface area (Å²) in [5, 5.41) is 2.94. The molecule has 0 saturated heterocycles. The van der Waals surface area contributed by atoms with Gasteiger partial charge in [-0.15, -0.1) is 0 Å². The van der Waals surface area contributed by atoms with Crippen molar-refractivity contribution in [2.45, 2.75) is 34.4 Å². The second-order valence-corrected chi connectivity index (χ2v) is 9.08. The minimum Gasteiger partial charge on any atom is -0.334 e. The van der Waals surface area contributed by atoms with Gasteiger partial charge in [0.25, 0.3) is 11.5 Å². The quantitative estimate of drug-likeness (QED) is 0.660. The summed E-state index contributed by atoms with van der Waals surface area (Å²) in [7, 11) is 0. The minimum absolute atomic E-state index is 0.162. The zero-order chi connectivity index (χ0) is 21.2. The number of rotatable bonds is 1. The van der Waals surface area contributed by atoms with Gasteiger partial charge in [0.05, 0.1) is 11.3 Å². The van der Waals surface area contributed by atoms with Crippen LogP contribution in [-0.2, 0) is 11.5 Å². The predicted molar refractivity (Wildman–Crippen MR) is 120 cm³/mol. The molecule has 2 aliphatic heterocycles. The van der Waals surface area contributed by atoms with E-state index in [0.29, 0.717) is 28.2 Å². The number of benzene rings is 2. The standard InChI is InChI=1S/C23H22N4O2S/c1-12-5-13(2)8-16(7-12)26-10-24-23-27(11-26)22(29)20(30-23)18-17-9-14(3)6-15(4)19(17)25-21(18)28/h5-9H,10-11H2,1-4H3,(H,25,28)/b20-18-. The summed E-state index contributed by atoms with van der Waals surface area (Å²) < 4.78 is 2.12. The fourth-order valence-corrected chi connectivity index (χ4v) is 5.37. The Labute approximate surface area is 177 Å². The number of anilines is 2. The van der Waals surface area contributed by atoms with Crippen molar-refractivity contribution in [3.05, 3.63) is 77.8 Å². The van der Waals surface area contributed by atoms with Crippen molar-refractivity contribution >= 4 is 34.2 Å². The van der Waals surface area contributed by atoms with Crippen molar-refractivity contribution in [1.82, 2.24) is 4.57 Å². The highest BCUT2D eigenvalue weighted by atomic mass is 32.1. The zero-order valence-corrected chi connectivity index (χ0v) is 18.2. The van der Waals surface area contributed by atoms with Gasteiger partial charge in [0.2, 0.25) is 0 Å². The fraction of sp³-hybridized carbons (Fsp3) is 0.261. The highest BCUT2D eigenvalue weighted by Gasteiger charge is 2.29. The maximum Gasteiger partial charge on any atom is 0.272 e. The SMILES string of the molecule is Cc1cc(C)cc(N2CN=c3s/c(=C4\C(=O)Nc5c(C)cc(C)cc54)c(=O)n3C2)c1. The lowest BCUT2D eigenvalue weighted by molar-refractivity contribution is -0.110. The van der Waals surface area contributed by atoms with E-state index in [1.165, 1.54) is 22.5 Å². The van der Waals surface area contributed by atoms with Gasteiger partial charge in [0.1, 0.15) is 17.9 Å². The monoisotopic (exact) mass is 418 g/mol. The number of fused-ring (bicyclic) bond motifs is 2. The summed E-state index contributed by atoms with van der Waals surface area (Å²) in [4.78, 5) is 33.5. The summed E-state index contributed by atoms with van der Waals surface area (Å²) in [5.41, 5.74) is 7.36. The van der Waals surface area contributed by atoms with Crippen LogP contribution in [0.3, 0.4) is 0 Å². The normalized spacial score (nSPS) is 16.8. The molecular formula is C23H22N4O2S. The van der Waals surface area contributed by atoms with E-state index in [2.05, 4.69) is 47.3 Å². The molecule has 1 N–H and O–H groups in total. The molecule has 0 saturated carbocycles. The first-order valence-electron chi connectivity index (χ1n) is 9.86. The van der Waals surface area contributed by atoms with Crippen LogP contribution in [0.4, 0.5) is 11.4 Å². The van der Waals surface area contributed by atoms with Gasteiger partial charge < -0.3 is 10.2 Å². The molecule has 0 spiro atoms. The lowest BCUT2D eigenvalue weighted by Gasteiger charge is -2.26. The summed E-state index contributed by atoms with van der Waals surface area (Å²) in [6.45, 7) is 9.00. The van der Waals surface area contributed by atoms with Crippen molar-refractivity contribution in [1.29, 1.82) is 0 Å². The number of carbonyl (C=O) groups is 1. The molecule has 3 heterocycles.